The van der Waals surface area contributed by atoms with Gasteiger partial charge in [-0.3, -0.25) is 0 Å². The Morgan fingerprint density at radius 2 is 1.96 bits per heavy atom. The van der Waals surface area contributed by atoms with E-state index < -0.39 is 42.3 Å². The number of hydrogen-bond acceptors (Lipinski definition) is 5. The van der Waals surface area contributed by atoms with Gasteiger partial charge in [0.15, 0.2) is 6.10 Å². The van der Waals surface area contributed by atoms with Crippen LogP contribution in [0.4, 0.5) is 36.8 Å². The topological polar surface area (TPSA) is 83.0 Å². The van der Waals surface area contributed by atoms with E-state index in [9.17, 15) is 31.1 Å². The summed E-state index contributed by atoms with van der Waals surface area (Å²) in [4.78, 5) is 10.8. The van der Waals surface area contributed by atoms with E-state index in [0.29, 0.717) is 6.07 Å². The van der Waals surface area contributed by atoms with E-state index in [0.717, 1.165) is 12.1 Å². The van der Waals surface area contributed by atoms with E-state index in [1.807, 2.05) is 10.7 Å². The van der Waals surface area contributed by atoms with Crippen molar-refractivity contribution in [2.45, 2.75) is 18.5 Å². The van der Waals surface area contributed by atoms with Gasteiger partial charge in [-0.05, 0) is 12.1 Å². The molecule has 1 aliphatic rings. The number of hydrazone groups is 1. The van der Waals surface area contributed by atoms with Crippen LogP contribution in [0.25, 0.3) is 0 Å². The molecule has 1 amide bonds. The Morgan fingerprint density at radius 1 is 1.28 bits per heavy atom. The number of anilines is 1. The number of benzene rings is 1. The van der Waals surface area contributed by atoms with Crippen molar-refractivity contribution >= 4 is 17.5 Å². The SMILES string of the molecule is O=C1NN=C(c2ccc(NC[C@H](O)C(F)(F)F)c(C(F)(F)F)c2)CO1. The van der Waals surface area contributed by atoms with Crippen molar-refractivity contribution in [1.82, 2.24) is 5.43 Å². The average molecular weight is 371 g/mol. The first-order valence-electron chi connectivity index (χ1n) is 6.68. The van der Waals surface area contributed by atoms with E-state index in [1.165, 1.54) is 0 Å². The summed E-state index contributed by atoms with van der Waals surface area (Å²) in [6.45, 7) is -1.51. The van der Waals surface area contributed by atoms with E-state index in [4.69, 9.17) is 5.11 Å². The highest BCUT2D eigenvalue weighted by Crippen LogP contribution is 2.36. The van der Waals surface area contributed by atoms with Crippen molar-refractivity contribution < 1.29 is 41.0 Å². The number of halogens is 6. The second-order valence-electron chi connectivity index (χ2n) is 4.94. The van der Waals surface area contributed by atoms with Crippen LogP contribution in [0.15, 0.2) is 23.3 Å². The van der Waals surface area contributed by atoms with Crippen molar-refractivity contribution in [1.29, 1.82) is 0 Å². The van der Waals surface area contributed by atoms with Crippen molar-refractivity contribution in [2.75, 3.05) is 18.5 Å². The molecule has 12 heteroatoms. The maximum Gasteiger partial charge on any atom is 0.428 e. The third-order valence-electron chi connectivity index (χ3n) is 3.14. The van der Waals surface area contributed by atoms with E-state index >= 15 is 0 Å². The van der Waals surface area contributed by atoms with Gasteiger partial charge >= 0.3 is 18.4 Å². The molecule has 0 unspecified atom stereocenters. The highest BCUT2D eigenvalue weighted by Gasteiger charge is 2.39. The van der Waals surface area contributed by atoms with Crippen LogP contribution in [0.1, 0.15) is 11.1 Å². The van der Waals surface area contributed by atoms with E-state index in [1.54, 1.807) is 0 Å². The number of carbonyl (C=O) groups is 1. The Bertz CT molecular complexity index is 687. The Labute approximate surface area is 136 Å². The summed E-state index contributed by atoms with van der Waals surface area (Å²) in [6, 6.07) is 2.72. The molecule has 0 spiro atoms. The summed E-state index contributed by atoms with van der Waals surface area (Å²) < 4.78 is 80.8. The Balaban J connectivity index is 2.27. The average Bonchev–Trinajstić information content (AvgIpc) is 2.51. The van der Waals surface area contributed by atoms with Gasteiger partial charge in [0.1, 0.15) is 12.3 Å². The maximum atomic E-state index is 13.2. The molecule has 1 aliphatic heterocycles. The fourth-order valence-corrected chi connectivity index (χ4v) is 1.89. The molecular weight excluding hydrogens is 360 g/mol. The van der Waals surface area contributed by atoms with Gasteiger partial charge in [-0.15, -0.1) is 0 Å². The highest BCUT2D eigenvalue weighted by atomic mass is 19.4. The molecule has 0 radical (unpaired) electrons. The molecule has 138 valence electrons. The second kappa shape index (κ2) is 6.78. The molecule has 0 saturated carbocycles. The van der Waals surface area contributed by atoms with Crippen LogP contribution in [-0.4, -0.2) is 42.3 Å². The number of alkyl halides is 6. The molecule has 1 aromatic carbocycles. The van der Waals surface area contributed by atoms with Gasteiger partial charge < -0.3 is 15.2 Å². The van der Waals surface area contributed by atoms with Gasteiger partial charge in [0.2, 0.25) is 0 Å². The summed E-state index contributed by atoms with van der Waals surface area (Å²) in [5.41, 5.74) is 0.0163. The number of carbonyl (C=O) groups excluding carboxylic acids is 1. The molecule has 1 heterocycles. The Kier molecular flexibility index (Phi) is 5.11. The van der Waals surface area contributed by atoms with Crippen molar-refractivity contribution in [3.63, 3.8) is 0 Å². The van der Waals surface area contributed by atoms with Crippen LogP contribution in [0.2, 0.25) is 0 Å². The van der Waals surface area contributed by atoms with E-state index in [2.05, 4.69) is 9.84 Å². The zero-order valence-corrected chi connectivity index (χ0v) is 12.2. The number of hydrogen-bond donors (Lipinski definition) is 3. The van der Waals surface area contributed by atoms with Gasteiger partial charge in [0.25, 0.3) is 0 Å². The summed E-state index contributed by atoms with van der Waals surface area (Å²) in [5.74, 6) is 0. The number of aliphatic hydroxyl groups is 1. The van der Waals surface area contributed by atoms with Gasteiger partial charge in [0, 0.05) is 17.8 Å². The zero-order valence-electron chi connectivity index (χ0n) is 12.2. The lowest BCUT2D eigenvalue weighted by Crippen LogP contribution is -2.35. The fraction of sp³-hybridized carbons (Fsp3) is 0.385. The largest absolute Gasteiger partial charge is 0.442 e. The first-order chi connectivity index (χ1) is 11.5. The second-order valence-corrected chi connectivity index (χ2v) is 4.94. The summed E-state index contributed by atoms with van der Waals surface area (Å²) in [5, 5.41) is 14.4. The molecule has 3 N–H and O–H groups in total. The lowest BCUT2D eigenvalue weighted by Gasteiger charge is -2.20. The summed E-state index contributed by atoms with van der Waals surface area (Å²) in [7, 11) is 0. The zero-order chi connectivity index (χ0) is 18.8. The molecule has 1 atom stereocenters. The molecule has 6 nitrogen and oxygen atoms in total. The minimum absolute atomic E-state index is 0.00646. The smallest absolute Gasteiger partial charge is 0.428 e. The molecule has 0 aromatic heterocycles. The summed E-state index contributed by atoms with van der Waals surface area (Å²) >= 11 is 0. The van der Waals surface area contributed by atoms with E-state index in [-0.39, 0.29) is 17.9 Å². The number of rotatable bonds is 4. The molecule has 1 aromatic rings. The third kappa shape index (κ3) is 4.75. The van der Waals surface area contributed by atoms with Crippen molar-refractivity contribution in [3.05, 3.63) is 29.3 Å². The number of nitrogens with zero attached hydrogens (tertiary/aromatic N) is 1. The first kappa shape index (κ1) is 18.8. The minimum Gasteiger partial charge on any atom is -0.442 e. The van der Waals surface area contributed by atoms with Gasteiger partial charge in [-0.2, -0.15) is 31.4 Å². The number of cyclic esters (lactones) is 1. The van der Waals surface area contributed by atoms with Gasteiger partial charge in [-0.1, -0.05) is 6.07 Å². The lowest BCUT2D eigenvalue weighted by molar-refractivity contribution is -0.198. The molecular formula is C13H11F6N3O3. The molecule has 25 heavy (non-hydrogen) atoms. The third-order valence-corrected chi connectivity index (χ3v) is 3.14. The highest BCUT2D eigenvalue weighted by molar-refractivity contribution is 6.04. The Hall–Kier alpha value is -2.50. The molecule has 0 saturated heterocycles. The van der Waals surface area contributed by atoms with Crippen molar-refractivity contribution in [3.8, 4) is 0 Å². The van der Waals surface area contributed by atoms with Gasteiger partial charge in [-0.25, -0.2) is 10.2 Å². The van der Waals surface area contributed by atoms with Crippen LogP contribution >= 0.6 is 0 Å². The lowest BCUT2D eigenvalue weighted by atomic mass is 10.0. The van der Waals surface area contributed by atoms with Crippen LogP contribution < -0.4 is 10.7 Å². The standard InChI is InChI=1S/C13H11F6N3O3/c14-12(15,16)7-3-6(9-5-25-11(24)22-21-9)1-2-8(7)20-4-10(23)13(17,18)19/h1-3,10,20,23H,4-5H2,(H,22,24)/t10-/m0/s1. The minimum atomic E-state index is -4.96. The maximum absolute atomic E-state index is 13.2. The molecule has 0 fully saturated rings. The predicted molar refractivity (Wildman–Crippen MR) is 73.0 cm³/mol. The summed E-state index contributed by atoms with van der Waals surface area (Å²) in [6.07, 6.45) is -13.5. The number of ether oxygens (including phenoxy) is 1. The molecule has 0 bridgehead atoms. The number of aliphatic hydroxyl groups excluding tert-OH is 1. The quantitative estimate of drug-likeness (QED) is 0.711. The van der Waals surface area contributed by atoms with Crippen LogP contribution in [0.5, 0.6) is 0 Å². The first-order valence-corrected chi connectivity index (χ1v) is 6.68. The predicted octanol–water partition coefficient (Wildman–Crippen LogP) is 2.48. The van der Waals surface area contributed by atoms with Crippen LogP contribution in [0, 0.1) is 0 Å². The fourth-order valence-electron chi connectivity index (χ4n) is 1.89. The molecule has 2 rings (SSSR count). The Morgan fingerprint density at radius 3 is 2.48 bits per heavy atom. The molecule has 0 aliphatic carbocycles. The van der Waals surface area contributed by atoms with Crippen molar-refractivity contribution in [2.24, 2.45) is 5.10 Å². The van der Waals surface area contributed by atoms with Crippen LogP contribution in [-0.2, 0) is 10.9 Å². The normalized spacial score (nSPS) is 16.6. The number of amides is 1. The number of nitrogens with one attached hydrogen (secondary N) is 2. The monoisotopic (exact) mass is 371 g/mol. The van der Waals surface area contributed by atoms with Gasteiger partial charge in [0.05, 0.1) is 5.56 Å². The van der Waals surface area contributed by atoms with Crippen LogP contribution in [0.3, 0.4) is 0 Å².